The van der Waals surface area contributed by atoms with Gasteiger partial charge in [-0.1, -0.05) is 33.1 Å². The van der Waals surface area contributed by atoms with Gasteiger partial charge >= 0.3 is 0 Å². The lowest BCUT2D eigenvalue weighted by molar-refractivity contribution is 0.0325. The monoisotopic (exact) mass is 270 g/mol. The highest BCUT2D eigenvalue weighted by atomic mass is 16.3. The molecule has 0 aromatic carbocycles. The van der Waals surface area contributed by atoms with Gasteiger partial charge in [0.25, 0.3) is 0 Å². The minimum Gasteiger partial charge on any atom is -0.389 e. The van der Waals surface area contributed by atoms with Crippen LogP contribution in [0.1, 0.15) is 65.2 Å². The second-order valence-electron chi connectivity index (χ2n) is 6.23. The first-order valence-corrected chi connectivity index (χ1v) is 8.24. The number of hydrogen-bond donors (Lipinski definition) is 2. The van der Waals surface area contributed by atoms with Gasteiger partial charge in [-0.05, 0) is 52.2 Å². The average Bonchev–Trinajstić information content (AvgIpc) is 2.47. The summed E-state index contributed by atoms with van der Waals surface area (Å²) in [5.74, 6) is 0. The second kappa shape index (κ2) is 8.93. The van der Waals surface area contributed by atoms with Gasteiger partial charge in [0.15, 0.2) is 0 Å². The van der Waals surface area contributed by atoms with Crippen molar-refractivity contribution in [3.05, 3.63) is 0 Å². The lowest BCUT2D eigenvalue weighted by atomic mass is 9.94. The van der Waals surface area contributed by atoms with Crippen LogP contribution in [0.3, 0.4) is 0 Å². The van der Waals surface area contributed by atoms with E-state index in [2.05, 4.69) is 31.1 Å². The van der Waals surface area contributed by atoms with Crippen molar-refractivity contribution in [1.29, 1.82) is 0 Å². The molecule has 0 radical (unpaired) electrons. The van der Waals surface area contributed by atoms with Crippen LogP contribution >= 0.6 is 0 Å². The summed E-state index contributed by atoms with van der Waals surface area (Å²) in [6.07, 6.45) is 9.86. The summed E-state index contributed by atoms with van der Waals surface area (Å²) in [4.78, 5) is 2.53. The fourth-order valence-corrected chi connectivity index (χ4v) is 2.98. The Bertz CT molecular complexity index is 223. The zero-order valence-electron chi connectivity index (χ0n) is 13.2. The predicted molar refractivity (Wildman–Crippen MR) is 82.5 cm³/mol. The van der Waals surface area contributed by atoms with Gasteiger partial charge in [0.1, 0.15) is 0 Å². The Hall–Kier alpha value is -0.120. The molecule has 1 saturated carbocycles. The molecule has 19 heavy (non-hydrogen) atoms. The molecule has 0 heterocycles. The number of nitrogens with zero attached hydrogens (tertiary/aromatic N) is 1. The summed E-state index contributed by atoms with van der Waals surface area (Å²) in [5, 5.41) is 13.6. The van der Waals surface area contributed by atoms with Gasteiger partial charge in [0.05, 0.1) is 5.60 Å². The minimum absolute atomic E-state index is 0.505. The fourth-order valence-electron chi connectivity index (χ4n) is 2.98. The molecule has 1 aliphatic rings. The smallest absolute Gasteiger partial charge is 0.0766 e. The van der Waals surface area contributed by atoms with E-state index in [0.29, 0.717) is 0 Å². The first-order chi connectivity index (χ1) is 9.11. The van der Waals surface area contributed by atoms with E-state index in [-0.39, 0.29) is 0 Å². The number of rotatable bonds is 9. The molecule has 3 nitrogen and oxygen atoms in total. The van der Waals surface area contributed by atoms with Crippen molar-refractivity contribution in [2.24, 2.45) is 0 Å². The molecule has 0 unspecified atom stereocenters. The Morgan fingerprint density at radius 1 is 1.16 bits per heavy atom. The zero-order valence-corrected chi connectivity index (χ0v) is 13.2. The van der Waals surface area contributed by atoms with Gasteiger partial charge in [-0.15, -0.1) is 0 Å². The Balaban J connectivity index is 2.06. The van der Waals surface area contributed by atoms with Crippen molar-refractivity contribution >= 4 is 0 Å². The molecule has 0 aromatic rings. The third-order valence-electron chi connectivity index (χ3n) is 4.83. The highest BCUT2D eigenvalue weighted by Crippen LogP contribution is 2.21. The van der Waals surface area contributed by atoms with Crippen LogP contribution in [0.4, 0.5) is 0 Å². The van der Waals surface area contributed by atoms with Crippen LogP contribution in [-0.2, 0) is 0 Å². The van der Waals surface area contributed by atoms with Crippen molar-refractivity contribution in [1.82, 2.24) is 10.2 Å². The summed E-state index contributed by atoms with van der Waals surface area (Å²) in [6.45, 7) is 7.03. The van der Waals surface area contributed by atoms with Gasteiger partial charge in [-0.2, -0.15) is 0 Å². The fraction of sp³-hybridized carbons (Fsp3) is 1.00. The molecular weight excluding hydrogens is 236 g/mol. The Morgan fingerprint density at radius 2 is 1.79 bits per heavy atom. The van der Waals surface area contributed by atoms with Crippen LogP contribution in [0, 0.1) is 0 Å². The number of nitrogens with one attached hydrogen (secondary N) is 1. The van der Waals surface area contributed by atoms with E-state index < -0.39 is 5.60 Å². The molecule has 114 valence electrons. The maximum atomic E-state index is 10.2. The SMILES string of the molecule is CCC(O)(CC)CNCCCN(C)C1CCCCC1. The van der Waals surface area contributed by atoms with Gasteiger partial charge in [0.2, 0.25) is 0 Å². The molecule has 0 spiro atoms. The predicted octanol–water partition coefficient (Wildman–Crippen LogP) is 2.78. The Labute approximate surface area is 119 Å². The van der Waals surface area contributed by atoms with Gasteiger partial charge < -0.3 is 15.3 Å². The topological polar surface area (TPSA) is 35.5 Å². The number of hydrogen-bond acceptors (Lipinski definition) is 3. The molecule has 0 saturated heterocycles. The minimum atomic E-state index is -0.505. The maximum Gasteiger partial charge on any atom is 0.0766 e. The molecular formula is C16H34N2O. The summed E-state index contributed by atoms with van der Waals surface area (Å²) < 4.78 is 0. The van der Waals surface area contributed by atoms with Crippen LogP contribution in [0.2, 0.25) is 0 Å². The van der Waals surface area contributed by atoms with Gasteiger partial charge in [-0.3, -0.25) is 0 Å². The van der Waals surface area contributed by atoms with E-state index in [1.807, 2.05) is 0 Å². The molecule has 1 fully saturated rings. The third kappa shape index (κ3) is 6.24. The molecule has 0 amide bonds. The van der Waals surface area contributed by atoms with Crippen molar-refractivity contribution in [3.8, 4) is 0 Å². The number of aliphatic hydroxyl groups is 1. The van der Waals surface area contributed by atoms with Crippen molar-refractivity contribution < 1.29 is 5.11 Å². The molecule has 0 aromatic heterocycles. The molecule has 0 aliphatic heterocycles. The first-order valence-electron chi connectivity index (χ1n) is 8.24. The van der Waals surface area contributed by atoms with Crippen LogP contribution in [0.15, 0.2) is 0 Å². The molecule has 0 atom stereocenters. The van der Waals surface area contributed by atoms with E-state index in [1.54, 1.807) is 0 Å². The summed E-state index contributed by atoms with van der Waals surface area (Å²) in [6, 6.07) is 0.817. The standard InChI is InChI=1S/C16H34N2O/c1-4-16(19,5-2)14-17-12-9-13-18(3)15-10-7-6-8-11-15/h15,17,19H,4-14H2,1-3H3. The van der Waals surface area contributed by atoms with Crippen molar-refractivity contribution in [3.63, 3.8) is 0 Å². The van der Waals surface area contributed by atoms with E-state index in [0.717, 1.165) is 32.0 Å². The first kappa shape index (κ1) is 16.9. The zero-order chi connectivity index (χ0) is 14.1. The molecule has 1 rings (SSSR count). The highest BCUT2D eigenvalue weighted by Gasteiger charge is 2.21. The van der Waals surface area contributed by atoms with Crippen LogP contribution in [0.25, 0.3) is 0 Å². The lowest BCUT2D eigenvalue weighted by Gasteiger charge is -2.31. The van der Waals surface area contributed by atoms with E-state index in [4.69, 9.17) is 0 Å². The molecule has 0 bridgehead atoms. The normalized spacial score (nSPS) is 18.2. The van der Waals surface area contributed by atoms with E-state index in [1.165, 1.54) is 45.1 Å². The van der Waals surface area contributed by atoms with Crippen LogP contribution in [0.5, 0.6) is 0 Å². The Morgan fingerprint density at radius 3 is 2.37 bits per heavy atom. The van der Waals surface area contributed by atoms with Crippen molar-refractivity contribution in [2.45, 2.75) is 76.9 Å². The maximum absolute atomic E-state index is 10.2. The average molecular weight is 270 g/mol. The molecule has 3 heteroatoms. The quantitative estimate of drug-likeness (QED) is 0.632. The van der Waals surface area contributed by atoms with Gasteiger partial charge in [-0.25, -0.2) is 0 Å². The van der Waals surface area contributed by atoms with Gasteiger partial charge in [0, 0.05) is 12.6 Å². The van der Waals surface area contributed by atoms with Crippen molar-refractivity contribution in [2.75, 3.05) is 26.7 Å². The molecule has 1 aliphatic carbocycles. The van der Waals surface area contributed by atoms with E-state index in [9.17, 15) is 5.11 Å². The largest absolute Gasteiger partial charge is 0.389 e. The van der Waals surface area contributed by atoms with Crippen LogP contribution in [-0.4, -0.2) is 48.3 Å². The summed E-state index contributed by atoms with van der Waals surface area (Å²) in [5.41, 5.74) is -0.505. The molecule has 2 N–H and O–H groups in total. The van der Waals surface area contributed by atoms with Crippen LogP contribution < -0.4 is 5.32 Å². The Kier molecular flexibility index (Phi) is 7.96. The summed E-state index contributed by atoms with van der Waals surface area (Å²) >= 11 is 0. The third-order valence-corrected chi connectivity index (χ3v) is 4.83. The van der Waals surface area contributed by atoms with E-state index >= 15 is 0 Å². The highest BCUT2D eigenvalue weighted by molar-refractivity contribution is 4.78. The summed E-state index contributed by atoms with van der Waals surface area (Å²) in [7, 11) is 2.27. The lowest BCUT2D eigenvalue weighted by Crippen LogP contribution is -2.41. The second-order valence-corrected chi connectivity index (χ2v) is 6.23.